The molecule has 11 nitrogen and oxygen atoms in total. The van der Waals surface area contributed by atoms with Crippen molar-refractivity contribution in [2.24, 2.45) is 0 Å². The van der Waals surface area contributed by atoms with E-state index >= 15 is 0 Å². The van der Waals surface area contributed by atoms with Gasteiger partial charge >= 0.3 is 17.9 Å². The van der Waals surface area contributed by atoms with Crippen molar-refractivity contribution in [3.8, 4) is 0 Å². The normalized spacial score (nSPS) is 20.9. The molecule has 1 heterocycles. The smallest absolute Gasteiger partial charge is 0.335 e. The molecule has 6 unspecified atom stereocenters. The fourth-order valence-electron chi connectivity index (χ4n) is 5.82. The first kappa shape index (κ1) is 52.4. The first-order valence-electron chi connectivity index (χ1n) is 21.6. The topological polar surface area (TPSA) is 169 Å². The number of rotatable bonds is 34. The van der Waals surface area contributed by atoms with E-state index in [9.17, 15) is 34.8 Å². The molecule has 0 aliphatic carbocycles. The standard InChI is InChI=1S/C47H74O11/c1-3-5-7-9-11-13-15-17-19-20-22-23-25-27-29-31-33-35-40(48)55-37-39(38-56-47-44(52)42(50)43(51)45(58-47)46(53)54)57-41(49)36-34-32-30-28-26-24-21-18-16-14-12-10-8-6-4-2/h5,7,11-14,17-19,21-23,27,29,39,42-45,47,50-52H,3-4,6,8-10,15-16,20,24-26,28,30-38H2,1-2H3,(H,53,54)/b7-5-,13-11-,14-12-,19-17-,21-18-,23-22-,29-27-. The Labute approximate surface area is 348 Å². The largest absolute Gasteiger partial charge is 0.479 e. The lowest BCUT2D eigenvalue weighted by molar-refractivity contribution is -0.298. The minimum atomic E-state index is -1.87. The molecule has 0 aromatic heterocycles. The molecule has 0 amide bonds. The molecule has 1 fully saturated rings. The molecule has 0 radical (unpaired) electrons. The number of carboxylic acid groups (broad SMARTS) is 1. The van der Waals surface area contributed by atoms with E-state index in [1.54, 1.807) is 0 Å². The van der Waals surface area contributed by atoms with Crippen LogP contribution in [0.1, 0.15) is 142 Å². The third kappa shape index (κ3) is 27.9. The Morgan fingerprint density at radius 1 is 0.552 bits per heavy atom. The maximum absolute atomic E-state index is 12.7. The number of aliphatic hydroxyl groups excluding tert-OH is 3. The van der Waals surface area contributed by atoms with Crippen molar-refractivity contribution in [3.05, 3.63) is 85.1 Å². The Kier molecular flexibility index (Phi) is 33.0. The Balaban J connectivity index is 2.45. The summed E-state index contributed by atoms with van der Waals surface area (Å²) < 4.78 is 21.6. The summed E-state index contributed by atoms with van der Waals surface area (Å²) in [7, 11) is 0. The van der Waals surface area contributed by atoms with Crippen LogP contribution in [0.5, 0.6) is 0 Å². The predicted octanol–water partition coefficient (Wildman–Crippen LogP) is 9.09. The lowest BCUT2D eigenvalue weighted by Gasteiger charge is -2.38. The third-order valence-corrected chi connectivity index (χ3v) is 9.23. The van der Waals surface area contributed by atoms with Gasteiger partial charge in [-0.15, -0.1) is 0 Å². The highest BCUT2D eigenvalue weighted by atomic mass is 16.7. The van der Waals surface area contributed by atoms with Crippen molar-refractivity contribution in [2.75, 3.05) is 13.2 Å². The Bertz CT molecular complexity index is 1280. The summed E-state index contributed by atoms with van der Waals surface area (Å²) in [6.45, 7) is 3.59. The Morgan fingerprint density at radius 2 is 1.03 bits per heavy atom. The lowest BCUT2D eigenvalue weighted by Crippen LogP contribution is -2.60. The van der Waals surface area contributed by atoms with Gasteiger partial charge in [0.05, 0.1) is 6.61 Å². The van der Waals surface area contributed by atoms with Crippen LogP contribution in [0.4, 0.5) is 0 Å². The van der Waals surface area contributed by atoms with Gasteiger partial charge in [-0.2, -0.15) is 0 Å². The number of carbonyl (C=O) groups excluding carboxylic acids is 2. The fourth-order valence-corrected chi connectivity index (χ4v) is 5.82. The summed E-state index contributed by atoms with van der Waals surface area (Å²) in [6, 6.07) is 0. The van der Waals surface area contributed by atoms with Crippen LogP contribution in [0.15, 0.2) is 85.1 Å². The van der Waals surface area contributed by atoms with Crippen molar-refractivity contribution in [2.45, 2.75) is 179 Å². The summed E-state index contributed by atoms with van der Waals surface area (Å²) in [6.07, 6.45) is 37.8. The highest BCUT2D eigenvalue weighted by Crippen LogP contribution is 2.23. The molecular weight excluding hydrogens is 741 g/mol. The number of aliphatic carboxylic acids is 1. The van der Waals surface area contributed by atoms with E-state index in [0.717, 1.165) is 77.0 Å². The Hall–Kier alpha value is -3.61. The molecule has 58 heavy (non-hydrogen) atoms. The zero-order chi connectivity index (χ0) is 42.5. The zero-order valence-electron chi connectivity index (χ0n) is 35.2. The average molecular weight is 815 g/mol. The number of allylic oxidation sites excluding steroid dienone is 14. The van der Waals surface area contributed by atoms with Gasteiger partial charge < -0.3 is 39.4 Å². The molecule has 1 aliphatic rings. The summed E-state index contributed by atoms with van der Waals surface area (Å²) in [5.41, 5.74) is 0. The van der Waals surface area contributed by atoms with Crippen molar-refractivity contribution in [1.29, 1.82) is 0 Å². The van der Waals surface area contributed by atoms with Crippen LogP contribution >= 0.6 is 0 Å². The van der Waals surface area contributed by atoms with Crippen LogP contribution in [-0.4, -0.2) is 88.4 Å². The highest BCUT2D eigenvalue weighted by molar-refractivity contribution is 5.73. The second-order valence-corrected chi connectivity index (χ2v) is 14.4. The van der Waals surface area contributed by atoms with Gasteiger partial charge in [-0.1, -0.05) is 131 Å². The van der Waals surface area contributed by atoms with Gasteiger partial charge in [-0.25, -0.2) is 4.79 Å². The lowest BCUT2D eigenvalue weighted by atomic mass is 9.99. The summed E-state index contributed by atoms with van der Waals surface area (Å²) in [5.74, 6) is -2.55. The average Bonchev–Trinajstić information content (AvgIpc) is 3.21. The van der Waals surface area contributed by atoms with Crippen LogP contribution in [0.3, 0.4) is 0 Å². The van der Waals surface area contributed by atoms with Gasteiger partial charge in [0.1, 0.15) is 24.9 Å². The number of hydrogen-bond donors (Lipinski definition) is 4. The molecule has 0 aromatic rings. The second-order valence-electron chi connectivity index (χ2n) is 14.4. The molecule has 1 saturated heterocycles. The van der Waals surface area contributed by atoms with Gasteiger partial charge in [-0.05, 0) is 83.5 Å². The maximum Gasteiger partial charge on any atom is 0.335 e. The number of carbonyl (C=O) groups is 3. The van der Waals surface area contributed by atoms with Crippen LogP contribution in [0.2, 0.25) is 0 Å². The van der Waals surface area contributed by atoms with Crippen molar-refractivity contribution >= 4 is 17.9 Å². The molecule has 0 saturated carbocycles. The maximum atomic E-state index is 12.7. The van der Waals surface area contributed by atoms with E-state index in [1.165, 1.54) is 19.3 Å². The van der Waals surface area contributed by atoms with E-state index in [0.29, 0.717) is 19.3 Å². The van der Waals surface area contributed by atoms with Crippen LogP contribution in [0, 0.1) is 0 Å². The number of aliphatic hydroxyl groups is 3. The van der Waals surface area contributed by atoms with E-state index < -0.39 is 61.3 Å². The molecule has 0 aromatic carbocycles. The molecular formula is C47H74O11. The predicted molar refractivity (Wildman–Crippen MR) is 229 cm³/mol. The SMILES string of the molecule is CC/C=C\C/C=C\C/C=C\C/C=C\C/C=C\CCCC(=O)OCC(COC1OC(C(=O)O)C(O)C(O)C1O)OC(=O)CCCCCCC/C=C\C/C=C\CCCCC. The molecule has 4 N–H and O–H groups in total. The summed E-state index contributed by atoms with van der Waals surface area (Å²) >= 11 is 0. The van der Waals surface area contributed by atoms with E-state index in [1.807, 2.05) is 12.2 Å². The van der Waals surface area contributed by atoms with Gasteiger partial charge in [-0.3, -0.25) is 9.59 Å². The van der Waals surface area contributed by atoms with Gasteiger partial charge in [0.15, 0.2) is 18.5 Å². The van der Waals surface area contributed by atoms with Gasteiger partial charge in [0.2, 0.25) is 0 Å². The fraction of sp³-hybridized carbons (Fsp3) is 0.638. The molecule has 1 rings (SSSR count). The minimum Gasteiger partial charge on any atom is -0.479 e. The van der Waals surface area contributed by atoms with Crippen LogP contribution < -0.4 is 0 Å². The molecule has 0 bridgehead atoms. The first-order valence-corrected chi connectivity index (χ1v) is 21.6. The third-order valence-electron chi connectivity index (χ3n) is 9.23. The van der Waals surface area contributed by atoms with Gasteiger partial charge in [0.25, 0.3) is 0 Å². The highest BCUT2D eigenvalue weighted by Gasteiger charge is 2.47. The quantitative estimate of drug-likeness (QED) is 0.0278. The number of carboxylic acids is 1. The second kappa shape index (κ2) is 36.5. The monoisotopic (exact) mass is 815 g/mol. The minimum absolute atomic E-state index is 0.149. The van der Waals surface area contributed by atoms with Crippen LogP contribution in [-0.2, 0) is 33.3 Å². The first-order chi connectivity index (χ1) is 28.2. The number of hydrogen-bond acceptors (Lipinski definition) is 10. The van der Waals surface area contributed by atoms with Crippen molar-refractivity contribution in [1.82, 2.24) is 0 Å². The molecule has 0 spiro atoms. The molecule has 11 heteroatoms. The Morgan fingerprint density at radius 3 is 1.59 bits per heavy atom. The molecule has 1 aliphatic heterocycles. The molecule has 6 atom stereocenters. The van der Waals surface area contributed by atoms with Crippen molar-refractivity contribution < 1.29 is 53.8 Å². The van der Waals surface area contributed by atoms with Crippen molar-refractivity contribution in [3.63, 3.8) is 0 Å². The van der Waals surface area contributed by atoms with Gasteiger partial charge in [0, 0.05) is 12.8 Å². The van der Waals surface area contributed by atoms with E-state index in [-0.39, 0.29) is 19.4 Å². The van der Waals surface area contributed by atoms with E-state index in [2.05, 4.69) is 86.8 Å². The summed E-state index contributed by atoms with van der Waals surface area (Å²) in [5, 5.41) is 39.8. The number of unbranched alkanes of at least 4 members (excludes halogenated alkanes) is 9. The van der Waals surface area contributed by atoms with Crippen LogP contribution in [0.25, 0.3) is 0 Å². The zero-order valence-corrected chi connectivity index (χ0v) is 35.2. The van der Waals surface area contributed by atoms with E-state index in [4.69, 9.17) is 18.9 Å². The number of ether oxygens (including phenoxy) is 4. The molecule has 328 valence electrons. The summed E-state index contributed by atoms with van der Waals surface area (Å²) in [4.78, 5) is 36.8. The number of esters is 2.